The lowest BCUT2D eigenvalue weighted by Crippen LogP contribution is -2.45. The molecule has 0 unspecified atom stereocenters. The second-order valence-electron chi connectivity index (χ2n) is 6.84. The van der Waals surface area contributed by atoms with Gasteiger partial charge in [0, 0.05) is 11.4 Å². The SMILES string of the molecule is CCOc1ccc([C@H]2NC(=S)NC(C)=C2C(=O)Nc2cc(C)ccc2C)cc1. The largest absolute Gasteiger partial charge is 0.494 e. The van der Waals surface area contributed by atoms with Crippen molar-refractivity contribution >= 4 is 28.9 Å². The average Bonchev–Trinajstić information content (AvgIpc) is 2.65. The van der Waals surface area contributed by atoms with E-state index in [0.29, 0.717) is 17.3 Å². The third-order valence-electron chi connectivity index (χ3n) is 4.68. The van der Waals surface area contributed by atoms with Gasteiger partial charge < -0.3 is 20.7 Å². The van der Waals surface area contributed by atoms with Crippen molar-refractivity contribution in [3.63, 3.8) is 0 Å². The first-order valence-corrected chi connectivity index (χ1v) is 9.69. The molecule has 0 aliphatic carbocycles. The number of nitrogens with one attached hydrogen (secondary N) is 3. The van der Waals surface area contributed by atoms with Gasteiger partial charge in [0.25, 0.3) is 5.91 Å². The summed E-state index contributed by atoms with van der Waals surface area (Å²) in [5, 5.41) is 9.84. The quantitative estimate of drug-likeness (QED) is 0.665. The van der Waals surface area contributed by atoms with E-state index in [0.717, 1.165) is 33.8 Å². The molecule has 146 valence electrons. The van der Waals surface area contributed by atoms with Gasteiger partial charge in [-0.05, 0) is 74.8 Å². The summed E-state index contributed by atoms with van der Waals surface area (Å²) >= 11 is 5.32. The van der Waals surface area contributed by atoms with Crippen LogP contribution in [0.3, 0.4) is 0 Å². The van der Waals surface area contributed by atoms with Crippen LogP contribution in [0.25, 0.3) is 0 Å². The van der Waals surface area contributed by atoms with E-state index in [2.05, 4.69) is 16.0 Å². The van der Waals surface area contributed by atoms with Gasteiger partial charge in [-0.15, -0.1) is 0 Å². The molecule has 1 aliphatic rings. The second kappa shape index (κ2) is 8.44. The Morgan fingerprint density at radius 3 is 2.54 bits per heavy atom. The zero-order valence-electron chi connectivity index (χ0n) is 16.6. The van der Waals surface area contributed by atoms with E-state index >= 15 is 0 Å². The molecule has 0 spiro atoms. The third-order valence-corrected chi connectivity index (χ3v) is 4.90. The second-order valence-corrected chi connectivity index (χ2v) is 7.25. The predicted octanol–water partition coefficient (Wildman–Crippen LogP) is 4.13. The highest BCUT2D eigenvalue weighted by Crippen LogP contribution is 2.29. The van der Waals surface area contributed by atoms with Gasteiger partial charge in [0.05, 0.1) is 18.2 Å². The monoisotopic (exact) mass is 395 g/mol. The smallest absolute Gasteiger partial charge is 0.255 e. The fourth-order valence-corrected chi connectivity index (χ4v) is 3.50. The maximum absolute atomic E-state index is 13.2. The topological polar surface area (TPSA) is 62.4 Å². The first kappa shape index (κ1) is 19.9. The lowest BCUT2D eigenvalue weighted by Gasteiger charge is -2.30. The summed E-state index contributed by atoms with van der Waals surface area (Å²) in [4.78, 5) is 13.2. The highest BCUT2D eigenvalue weighted by atomic mass is 32.1. The van der Waals surface area contributed by atoms with Gasteiger partial charge >= 0.3 is 0 Å². The minimum absolute atomic E-state index is 0.160. The van der Waals surface area contributed by atoms with Crippen LogP contribution in [-0.4, -0.2) is 17.6 Å². The van der Waals surface area contributed by atoms with Gasteiger partial charge in [-0.3, -0.25) is 4.79 Å². The molecule has 1 heterocycles. The molecule has 2 aromatic carbocycles. The molecule has 5 nitrogen and oxygen atoms in total. The fraction of sp³-hybridized carbons (Fsp3) is 0.273. The van der Waals surface area contributed by atoms with Crippen molar-refractivity contribution in [1.29, 1.82) is 0 Å². The number of hydrogen-bond donors (Lipinski definition) is 3. The highest BCUT2D eigenvalue weighted by Gasteiger charge is 2.30. The maximum atomic E-state index is 13.2. The number of aryl methyl sites for hydroxylation is 2. The van der Waals surface area contributed by atoms with Crippen molar-refractivity contribution in [2.24, 2.45) is 0 Å². The number of rotatable bonds is 5. The molecule has 28 heavy (non-hydrogen) atoms. The van der Waals surface area contributed by atoms with E-state index < -0.39 is 0 Å². The van der Waals surface area contributed by atoms with Crippen molar-refractivity contribution in [3.05, 3.63) is 70.4 Å². The summed E-state index contributed by atoms with van der Waals surface area (Å²) in [5.41, 5.74) is 5.21. The van der Waals surface area contributed by atoms with Crippen molar-refractivity contribution < 1.29 is 9.53 Å². The van der Waals surface area contributed by atoms with E-state index in [1.54, 1.807) is 0 Å². The Kier molecular flexibility index (Phi) is 5.99. The van der Waals surface area contributed by atoms with Crippen molar-refractivity contribution in [3.8, 4) is 5.75 Å². The third kappa shape index (κ3) is 4.34. The molecule has 3 rings (SSSR count). The molecular weight excluding hydrogens is 370 g/mol. The molecule has 1 aliphatic heterocycles. The van der Waals surface area contributed by atoms with Gasteiger partial charge in [-0.25, -0.2) is 0 Å². The molecule has 0 saturated carbocycles. The number of carbonyl (C=O) groups excluding carboxylic acids is 1. The lowest BCUT2D eigenvalue weighted by molar-refractivity contribution is -0.113. The van der Waals surface area contributed by atoms with Crippen LogP contribution in [0, 0.1) is 13.8 Å². The van der Waals surface area contributed by atoms with Crippen LogP contribution < -0.4 is 20.7 Å². The maximum Gasteiger partial charge on any atom is 0.255 e. The number of amides is 1. The Morgan fingerprint density at radius 2 is 1.86 bits per heavy atom. The number of anilines is 1. The predicted molar refractivity (Wildman–Crippen MR) is 116 cm³/mol. The minimum atomic E-state index is -0.338. The molecule has 1 atom stereocenters. The number of hydrogen-bond acceptors (Lipinski definition) is 3. The van der Waals surface area contributed by atoms with Crippen LogP contribution in [0.2, 0.25) is 0 Å². The average molecular weight is 396 g/mol. The number of benzene rings is 2. The van der Waals surface area contributed by atoms with Gasteiger partial charge in [-0.2, -0.15) is 0 Å². The van der Waals surface area contributed by atoms with E-state index in [4.69, 9.17) is 17.0 Å². The first-order chi connectivity index (χ1) is 13.4. The van der Waals surface area contributed by atoms with Gasteiger partial charge in [0.2, 0.25) is 0 Å². The summed E-state index contributed by atoms with van der Waals surface area (Å²) in [6.07, 6.45) is 0. The molecule has 0 radical (unpaired) electrons. The van der Waals surface area contributed by atoms with Crippen LogP contribution in [0.15, 0.2) is 53.7 Å². The minimum Gasteiger partial charge on any atom is -0.494 e. The Bertz CT molecular complexity index is 935. The molecule has 1 amide bonds. The number of thiocarbonyl (C=S) groups is 1. The summed E-state index contributed by atoms with van der Waals surface area (Å²) in [6, 6.07) is 13.4. The van der Waals surface area contributed by atoms with Crippen LogP contribution in [-0.2, 0) is 4.79 Å². The van der Waals surface area contributed by atoms with Crippen molar-refractivity contribution in [2.75, 3.05) is 11.9 Å². The fourth-order valence-electron chi connectivity index (χ4n) is 3.23. The number of carbonyl (C=O) groups is 1. The zero-order chi connectivity index (χ0) is 20.3. The Morgan fingerprint density at radius 1 is 1.14 bits per heavy atom. The van der Waals surface area contributed by atoms with E-state index in [-0.39, 0.29) is 11.9 Å². The molecule has 0 saturated heterocycles. The van der Waals surface area contributed by atoms with E-state index in [1.807, 2.05) is 70.2 Å². The Hall–Kier alpha value is -2.86. The summed E-state index contributed by atoms with van der Waals surface area (Å²) < 4.78 is 5.52. The van der Waals surface area contributed by atoms with Gasteiger partial charge in [0.15, 0.2) is 5.11 Å². The summed E-state index contributed by atoms with van der Waals surface area (Å²) in [6.45, 7) is 8.41. The van der Waals surface area contributed by atoms with Crippen LogP contribution in [0.1, 0.15) is 36.6 Å². The van der Waals surface area contributed by atoms with Crippen LogP contribution in [0.4, 0.5) is 5.69 Å². The molecule has 0 bridgehead atoms. The van der Waals surface area contributed by atoms with Gasteiger partial charge in [0.1, 0.15) is 5.75 Å². The lowest BCUT2D eigenvalue weighted by atomic mass is 9.94. The van der Waals surface area contributed by atoms with E-state index in [1.165, 1.54) is 0 Å². The molecule has 3 N–H and O–H groups in total. The highest BCUT2D eigenvalue weighted by molar-refractivity contribution is 7.80. The molecule has 0 aromatic heterocycles. The number of allylic oxidation sites excluding steroid dienone is 1. The number of ether oxygens (including phenoxy) is 1. The van der Waals surface area contributed by atoms with Crippen molar-refractivity contribution in [2.45, 2.75) is 33.7 Å². The summed E-state index contributed by atoms with van der Waals surface area (Å²) in [5.74, 6) is 0.637. The summed E-state index contributed by atoms with van der Waals surface area (Å²) in [7, 11) is 0. The van der Waals surface area contributed by atoms with Crippen LogP contribution >= 0.6 is 12.2 Å². The molecule has 6 heteroatoms. The first-order valence-electron chi connectivity index (χ1n) is 9.28. The van der Waals surface area contributed by atoms with Crippen molar-refractivity contribution in [1.82, 2.24) is 10.6 Å². The van der Waals surface area contributed by atoms with E-state index in [9.17, 15) is 4.79 Å². The van der Waals surface area contributed by atoms with Gasteiger partial charge in [-0.1, -0.05) is 24.3 Å². The Labute approximate surface area is 171 Å². The molecular formula is C22H25N3O2S. The normalized spacial score (nSPS) is 16.3. The molecule has 0 fully saturated rings. The van der Waals surface area contributed by atoms with Crippen LogP contribution in [0.5, 0.6) is 5.75 Å². The standard InChI is InChI=1S/C22H25N3O2S/c1-5-27-17-10-8-16(9-11-17)20-19(15(4)23-22(28)25-20)21(26)24-18-12-13(2)6-7-14(18)3/h6-12,20H,5H2,1-4H3,(H,24,26)(H2,23,25,28)/t20-/m1/s1. The zero-order valence-corrected chi connectivity index (χ0v) is 17.4. The Balaban J connectivity index is 1.92. The molecule has 2 aromatic rings.